The summed E-state index contributed by atoms with van der Waals surface area (Å²) in [7, 11) is 0. The van der Waals surface area contributed by atoms with Crippen LogP contribution in [0.15, 0.2) is 34.7 Å². The van der Waals surface area contributed by atoms with Crippen LogP contribution in [0.2, 0.25) is 5.02 Å². The number of phenolic OH excluding ortho intramolecular Hbond substituents is 1. The van der Waals surface area contributed by atoms with Crippen molar-refractivity contribution < 1.29 is 14.3 Å². The minimum absolute atomic E-state index is 0.0832. The van der Waals surface area contributed by atoms with Gasteiger partial charge in [-0.15, -0.1) is 0 Å². The van der Waals surface area contributed by atoms with E-state index in [-0.39, 0.29) is 22.4 Å². The number of rotatable bonds is 2. The summed E-state index contributed by atoms with van der Waals surface area (Å²) >= 11 is 5.66. The van der Waals surface area contributed by atoms with Crippen LogP contribution in [0.25, 0.3) is 0 Å². The number of carbonyl (C=O) groups excluding carboxylic acids is 1. The molecule has 0 aliphatic heterocycles. The number of benzene rings is 1. The molecular formula is C12H10ClNO3. The van der Waals surface area contributed by atoms with E-state index in [1.165, 1.54) is 12.1 Å². The lowest BCUT2D eigenvalue weighted by molar-refractivity contribution is 0.0995. The summed E-state index contributed by atoms with van der Waals surface area (Å²) in [5.74, 6) is 0.422. The maximum atomic E-state index is 11.7. The van der Waals surface area contributed by atoms with Crippen molar-refractivity contribution in [3.05, 3.63) is 46.9 Å². The van der Waals surface area contributed by atoms with E-state index in [1.54, 1.807) is 25.1 Å². The third-order valence-electron chi connectivity index (χ3n) is 2.17. The van der Waals surface area contributed by atoms with Gasteiger partial charge in [0.25, 0.3) is 5.91 Å². The molecule has 2 rings (SSSR count). The SMILES string of the molecule is Cc1ccc(C(=O)Nc2ccc(Cl)c(O)c2)o1. The van der Waals surface area contributed by atoms with Crippen LogP contribution >= 0.6 is 11.6 Å². The maximum Gasteiger partial charge on any atom is 0.291 e. The van der Waals surface area contributed by atoms with Crippen LogP contribution in [-0.2, 0) is 0 Å². The molecule has 0 saturated heterocycles. The maximum absolute atomic E-state index is 11.7. The summed E-state index contributed by atoms with van der Waals surface area (Å²) in [6.07, 6.45) is 0. The molecular weight excluding hydrogens is 242 g/mol. The molecule has 1 heterocycles. The minimum Gasteiger partial charge on any atom is -0.506 e. The zero-order valence-corrected chi connectivity index (χ0v) is 9.78. The van der Waals surface area contributed by atoms with Gasteiger partial charge >= 0.3 is 0 Å². The summed E-state index contributed by atoms with van der Waals surface area (Å²) in [6, 6.07) is 7.75. The van der Waals surface area contributed by atoms with Crippen LogP contribution in [0, 0.1) is 6.92 Å². The standard InChI is InChI=1S/C12H10ClNO3/c1-7-2-5-11(17-7)12(16)14-8-3-4-9(13)10(15)6-8/h2-6,15H,1H3,(H,14,16). The highest BCUT2D eigenvalue weighted by Gasteiger charge is 2.10. The van der Waals surface area contributed by atoms with Gasteiger partial charge in [0.1, 0.15) is 11.5 Å². The van der Waals surface area contributed by atoms with E-state index in [0.29, 0.717) is 11.4 Å². The summed E-state index contributed by atoms with van der Waals surface area (Å²) in [4.78, 5) is 11.7. The van der Waals surface area contributed by atoms with E-state index in [2.05, 4.69) is 5.32 Å². The van der Waals surface area contributed by atoms with Gasteiger partial charge in [-0.2, -0.15) is 0 Å². The third-order valence-corrected chi connectivity index (χ3v) is 2.49. The van der Waals surface area contributed by atoms with E-state index < -0.39 is 0 Å². The second-order valence-corrected chi connectivity index (χ2v) is 3.94. The smallest absolute Gasteiger partial charge is 0.291 e. The van der Waals surface area contributed by atoms with Gasteiger partial charge in [-0.25, -0.2) is 0 Å². The number of furan rings is 1. The number of amides is 1. The summed E-state index contributed by atoms with van der Waals surface area (Å²) in [5, 5.41) is 12.2. The first-order chi connectivity index (χ1) is 8.06. The van der Waals surface area contributed by atoms with Gasteiger partial charge < -0.3 is 14.8 Å². The van der Waals surface area contributed by atoms with E-state index in [0.717, 1.165) is 0 Å². The second kappa shape index (κ2) is 4.51. The normalized spacial score (nSPS) is 10.2. The Kier molecular flexibility index (Phi) is 3.06. The molecule has 0 saturated carbocycles. The highest BCUT2D eigenvalue weighted by atomic mass is 35.5. The summed E-state index contributed by atoms with van der Waals surface area (Å²) in [5.41, 5.74) is 0.450. The third kappa shape index (κ3) is 2.60. The van der Waals surface area contributed by atoms with Crippen molar-refractivity contribution in [3.8, 4) is 5.75 Å². The minimum atomic E-state index is -0.375. The van der Waals surface area contributed by atoms with Crippen molar-refractivity contribution in [2.75, 3.05) is 5.32 Å². The molecule has 88 valence electrons. The number of phenols is 1. The number of nitrogens with one attached hydrogen (secondary N) is 1. The van der Waals surface area contributed by atoms with Crippen LogP contribution in [0.1, 0.15) is 16.3 Å². The number of hydrogen-bond donors (Lipinski definition) is 2. The number of anilines is 1. The van der Waals surface area contributed by atoms with Gasteiger partial charge in [0.05, 0.1) is 5.02 Å². The molecule has 0 atom stereocenters. The Balaban J connectivity index is 2.15. The molecule has 1 amide bonds. The lowest BCUT2D eigenvalue weighted by Crippen LogP contribution is -2.10. The van der Waals surface area contributed by atoms with Gasteiger partial charge in [0.2, 0.25) is 0 Å². The summed E-state index contributed by atoms with van der Waals surface area (Å²) in [6.45, 7) is 1.75. The number of halogens is 1. The number of carbonyl (C=O) groups is 1. The molecule has 0 spiro atoms. The predicted octanol–water partition coefficient (Wildman–Crippen LogP) is 3.20. The van der Waals surface area contributed by atoms with Gasteiger partial charge in [-0.05, 0) is 31.2 Å². The van der Waals surface area contributed by atoms with Gasteiger partial charge in [-0.1, -0.05) is 11.6 Å². The fraction of sp³-hybridized carbons (Fsp3) is 0.0833. The first kappa shape index (κ1) is 11.5. The molecule has 1 aromatic heterocycles. The second-order valence-electron chi connectivity index (χ2n) is 3.53. The number of aromatic hydroxyl groups is 1. The average molecular weight is 252 g/mol. The Morgan fingerprint density at radius 3 is 2.71 bits per heavy atom. The molecule has 0 unspecified atom stereocenters. The average Bonchev–Trinajstić information content (AvgIpc) is 2.70. The first-order valence-corrected chi connectivity index (χ1v) is 5.30. The topological polar surface area (TPSA) is 62.5 Å². The van der Waals surface area contributed by atoms with Crippen molar-refractivity contribution in [2.24, 2.45) is 0 Å². The largest absolute Gasteiger partial charge is 0.506 e. The highest BCUT2D eigenvalue weighted by molar-refractivity contribution is 6.32. The molecule has 5 heteroatoms. The highest BCUT2D eigenvalue weighted by Crippen LogP contribution is 2.26. The van der Waals surface area contributed by atoms with E-state index in [9.17, 15) is 9.90 Å². The van der Waals surface area contributed by atoms with Crippen molar-refractivity contribution >= 4 is 23.2 Å². The Labute approximate surface area is 103 Å². The van der Waals surface area contributed by atoms with Crippen LogP contribution < -0.4 is 5.32 Å². The van der Waals surface area contributed by atoms with Crippen molar-refractivity contribution in [2.45, 2.75) is 6.92 Å². The van der Waals surface area contributed by atoms with Gasteiger partial charge in [-0.3, -0.25) is 4.79 Å². The zero-order valence-electron chi connectivity index (χ0n) is 9.03. The van der Waals surface area contributed by atoms with Crippen LogP contribution in [-0.4, -0.2) is 11.0 Å². The van der Waals surface area contributed by atoms with E-state index in [1.807, 2.05) is 0 Å². The zero-order chi connectivity index (χ0) is 12.4. The molecule has 4 nitrogen and oxygen atoms in total. The molecule has 0 aliphatic carbocycles. The lowest BCUT2D eigenvalue weighted by Gasteiger charge is -2.04. The Morgan fingerprint density at radius 1 is 1.35 bits per heavy atom. The predicted molar refractivity (Wildman–Crippen MR) is 64.5 cm³/mol. The summed E-state index contributed by atoms with van der Waals surface area (Å²) < 4.78 is 5.17. The monoisotopic (exact) mass is 251 g/mol. The number of aryl methyl sites for hydroxylation is 1. The molecule has 0 aliphatic rings. The lowest BCUT2D eigenvalue weighted by atomic mass is 10.3. The van der Waals surface area contributed by atoms with Crippen LogP contribution in [0.5, 0.6) is 5.75 Å². The molecule has 17 heavy (non-hydrogen) atoms. The fourth-order valence-electron chi connectivity index (χ4n) is 1.34. The quantitative estimate of drug-likeness (QED) is 0.862. The van der Waals surface area contributed by atoms with Crippen LogP contribution in [0.3, 0.4) is 0 Å². The van der Waals surface area contributed by atoms with Gasteiger partial charge in [0, 0.05) is 11.8 Å². The Hall–Kier alpha value is -1.94. The molecule has 0 fully saturated rings. The van der Waals surface area contributed by atoms with Crippen LogP contribution in [0.4, 0.5) is 5.69 Å². The first-order valence-electron chi connectivity index (χ1n) is 4.92. The van der Waals surface area contributed by atoms with E-state index in [4.69, 9.17) is 16.0 Å². The Bertz CT molecular complexity index is 563. The van der Waals surface area contributed by atoms with Crippen molar-refractivity contribution in [1.82, 2.24) is 0 Å². The molecule has 2 aromatic rings. The van der Waals surface area contributed by atoms with Crippen molar-refractivity contribution in [3.63, 3.8) is 0 Å². The molecule has 0 bridgehead atoms. The van der Waals surface area contributed by atoms with Crippen molar-refractivity contribution in [1.29, 1.82) is 0 Å². The van der Waals surface area contributed by atoms with E-state index >= 15 is 0 Å². The Morgan fingerprint density at radius 2 is 2.12 bits per heavy atom. The molecule has 1 aromatic carbocycles. The molecule has 2 N–H and O–H groups in total. The number of hydrogen-bond acceptors (Lipinski definition) is 3. The fourth-order valence-corrected chi connectivity index (χ4v) is 1.46. The molecule has 0 radical (unpaired) electrons. The van der Waals surface area contributed by atoms with Gasteiger partial charge in [0.15, 0.2) is 5.76 Å².